The fraction of sp³-hybridized carbons (Fsp3) is 0.250. The van der Waals surface area contributed by atoms with E-state index >= 15 is 0 Å². The van der Waals surface area contributed by atoms with Gasteiger partial charge >= 0.3 is 0 Å². The standard InChI is InChI=1S/C16H15N3O3S/c1-22-15-8-12(9-17)2-3-16(15)23(20,21)19-7-5-13-4-6-18-10-14(13)11-19/h2-4,6,8,10H,5,7,11H2,1H3. The second-order valence-electron chi connectivity index (χ2n) is 5.21. The number of benzene rings is 1. The summed E-state index contributed by atoms with van der Waals surface area (Å²) in [6.45, 7) is 0.692. The van der Waals surface area contributed by atoms with E-state index in [2.05, 4.69) is 4.98 Å². The van der Waals surface area contributed by atoms with Crippen LogP contribution >= 0.6 is 0 Å². The lowest BCUT2D eigenvalue weighted by Crippen LogP contribution is -2.36. The average Bonchev–Trinajstić information content (AvgIpc) is 2.60. The Labute approximate surface area is 135 Å². The molecule has 1 aromatic heterocycles. The number of hydrogen-bond donors (Lipinski definition) is 0. The van der Waals surface area contributed by atoms with E-state index < -0.39 is 10.0 Å². The minimum absolute atomic E-state index is 0.0753. The molecule has 0 amide bonds. The Hall–Kier alpha value is -2.43. The fourth-order valence-corrected chi connectivity index (χ4v) is 4.21. The molecule has 0 spiro atoms. The lowest BCUT2D eigenvalue weighted by molar-refractivity contribution is 0.377. The minimum atomic E-state index is -3.70. The number of rotatable bonds is 3. The second kappa shape index (κ2) is 5.99. The molecule has 2 heterocycles. The normalized spacial score (nSPS) is 14.8. The summed E-state index contributed by atoms with van der Waals surface area (Å²) in [6.07, 6.45) is 4.06. The van der Waals surface area contributed by atoms with Crippen molar-refractivity contribution < 1.29 is 13.2 Å². The monoisotopic (exact) mass is 329 g/mol. The van der Waals surface area contributed by atoms with Crippen molar-refractivity contribution in [3.8, 4) is 11.8 Å². The minimum Gasteiger partial charge on any atom is -0.495 e. The molecule has 1 aliphatic heterocycles. The van der Waals surface area contributed by atoms with Gasteiger partial charge < -0.3 is 4.74 Å². The number of nitrogens with zero attached hydrogens (tertiary/aromatic N) is 3. The zero-order valence-corrected chi connectivity index (χ0v) is 13.4. The first-order chi connectivity index (χ1) is 11.1. The second-order valence-corrected chi connectivity index (χ2v) is 7.12. The molecule has 0 radical (unpaired) electrons. The van der Waals surface area contributed by atoms with Crippen LogP contribution in [0.25, 0.3) is 0 Å². The predicted octanol–water partition coefficient (Wildman–Crippen LogP) is 1.71. The first-order valence-corrected chi connectivity index (χ1v) is 8.50. The predicted molar refractivity (Wildman–Crippen MR) is 83.2 cm³/mol. The van der Waals surface area contributed by atoms with Crippen LogP contribution in [0.5, 0.6) is 5.75 Å². The third kappa shape index (κ3) is 2.79. The van der Waals surface area contributed by atoms with Crippen molar-refractivity contribution in [2.45, 2.75) is 17.9 Å². The Morgan fingerprint density at radius 1 is 1.30 bits per heavy atom. The molecule has 23 heavy (non-hydrogen) atoms. The summed E-state index contributed by atoms with van der Waals surface area (Å²) < 4.78 is 32.4. The average molecular weight is 329 g/mol. The molecule has 1 aromatic carbocycles. The van der Waals surface area contributed by atoms with Crippen LogP contribution in [0.1, 0.15) is 16.7 Å². The summed E-state index contributed by atoms with van der Waals surface area (Å²) in [4.78, 5) is 4.14. The maximum atomic E-state index is 12.9. The summed E-state index contributed by atoms with van der Waals surface area (Å²) in [5.74, 6) is 0.182. The molecule has 0 saturated carbocycles. The third-order valence-electron chi connectivity index (χ3n) is 3.89. The lowest BCUT2D eigenvalue weighted by atomic mass is 10.0. The summed E-state index contributed by atoms with van der Waals surface area (Å²) in [5.41, 5.74) is 2.39. The summed E-state index contributed by atoms with van der Waals surface area (Å²) in [6, 6.07) is 8.23. The van der Waals surface area contributed by atoms with Gasteiger partial charge in [0.2, 0.25) is 10.0 Å². The molecule has 0 aliphatic carbocycles. The van der Waals surface area contributed by atoms with E-state index in [9.17, 15) is 8.42 Å². The van der Waals surface area contributed by atoms with Crippen LogP contribution in [-0.2, 0) is 23.0 Å². The van der Waals surface area contributed by atoms with Crippen molar-refractivity contribution in [2.75, 3.05) is 13.7 Å². The van der Waals surface area contributed by atoms with Crippen LogP contribution in [0.3, 0.4) is 0 Å². The molecule has 7 heteroatoms. The SMILES string of the molecule is COc1cc(C#N)ccc1S(=O)(=O)N1CCc2ccncc2C1. The maximum absolute atomic E-state index is 12.9. The molecular weight excluding hydrogens is 314 g/mol. The van der Waals surface area contributed by atoms with Crippen molar-refractivity contribution >= 4 is 10.0 Å². The molecule has 0 N–H and O–H groups in total. The highest BCUT2D eigenvalue weighted by Crippen LogP contribution is 2.30. The Morgan fingerprint density at radius 3 is 2.87 bits per heavy atom. The van der Waals surface area contributed by atoms with Gasteiger partial charge in [-0.15, -0.1) is 0 Å². The van der Waals surface area contributed by atoms with Crippen LogP contribution in [-0.4, -0.2) is 31.4 Å². The van der Waals surface area contributed by atoms with Crippen LogP contribution in [0.15, 0.2) is 41.6 Å². The summed E-state index contributed by atoms with van der Waals surface area (Å²) in [7, 11) is -2.31. The van der Waals surface area contributed by atoms with Gasteiger partial charge in [0.1, 0.15) is 10.6 Å². The van der Waals surface area contributed by atoms with E-state index in [0.717, 1.165) is 11.1 Å². The molecule has 2 aromatic rings. The van der Waals surface area contributed by atoms with Crippen molar-refractivity contribution in [2.24, 2.45) is 0 Å². The Morgan fingerprint density at radius 2 is 2.13 bits per heavy atom. The molecule has 3 rings (SSSR count). The highest BCUT2D eigenvalue weighted by Gasteiger charge is 2.30. The molecule has 0 atom stereocenters. The van der Waals surface area contributed by atoms with Gasteiger partial charge in [-0.3, -0.25) is 4.98 Å². The zero-order chi connectivity index (χ0) is 16.4. The lowest BCUT2D eigenvalue weighted by Gasteiger charge is -2.28. The summed E-state index contributed by atoms with van der Waals surface area (Å²) >= 11 is 0. The van der Waals surface area contributed by atoms with E-state index in [1.54, 1.807) is 12.4 Å². The van der Waals surface area contributed by atoms with Crippen LogP contribution in [0.2, 0.25) is 0 Å². The van der Waals surface area contributed by atoms with E-state index in [0.29, 0.717) is 18.5 Å². The topological polar surface area (TPSA) is 83.3 Å². The van der Waals surface area contributed by atoms with E-state index in [1.165, 1.54) is 29.6 Å². The van der Waals surface area contributed by atoms with Crippen LogP contribution in [0.4, 0.5) is 0 Å². The van der Waals surface area contributed by atoms with E-state index in [4.69, 9.17) is 10.00 Å². The van der Waals surface area contributed by atoms with Crippen molar-refractivity contribution in [3.63, 3.8) is 0 Å². The largest absolute Gasteiger partial charge is 0.495 e. The number of fused-ring (bicyclic) bond motifs is 1. The molecule has 0 unspecified atom stereocenters. The van der Waals surface area contributed by atoms with Gasteiger partial charge in [-0.25, -0.2) is 8.42 Å². The Balaban J connectivity index is 1.99. The molecule has 1 aliphatic rings. The number of pyridine rings is 1. The number of aromatic nitrogens is 1. The van der Waals surface area contributed by atoms with Gasteiger partial charge in [0.05, 0.1) is 18.7 Å². The molecule has 0 saturated heterocycles. The molecule has 0 fully saturated rings. The smallest absolute Gasteiger partial charge is 0.247 e. The quantitative estimate of drug-likeness (QED) is 0.856. The van der Waals surface area contributed by atoms with Gasteiger partial charge in [-0.05, 0) is 41.8 Å². The number of hydrogen-bond acceptors (Lipinski definition) is 5. The number of methoxy groups -OCH3 is 1. The first-order valence-electron chi connectivity index (χ1n) is 7.06. The number of ether oxygens (including phenoxy) is 1. The van der Waals surface area contributed by atoms with Crippen molar-refractivity contribution in [1.82, 2.24) is 9.29 Å². The summed E-state index contributed by atoms with van der Waals surface area (Å²) in [5, 5.41) is 8.94. The fourth-order valence-electron chi connectivity index (χ4n) is 2.65. The van der Waals surface area contributed by atoms with Gasteiger partial charge in [0, 0.05) is 25.5 Å². The van der Waals surface area contributed by atoms with Crippen molar-refractivity contribution in [3.05, 3.63) is 53.3 Å². The van der Waals surface area contributed by atoms with Gasteiger partial charge in [0.15, 0.2) is 0 Å². The highest BCUT2D eigenvalue weighted by molar-refractivity contribution is 7.89. The van der Waals surface area contributed by atoms with Gasteiger partial charge in [-0.2, -0.15) is 9.57 Å². The van der Waals surface area contributed by atoms with Crippen LogP contribution < -0.4 is 4.74 Å². The van der Waals surface area contributed by atoms with Crippen molar-refractivity contribution in [1.29, 1.82) is 5.26 Å². The molecular formula is C16H15N3O3S. The maximum Gasteiger partial charge on any atom is 0.247 e. The molecule has 118 valence electrons. The van der Waals surface area contributed by atoms with Gasteiger partial charge in [0.25, 0.3) is 0 Å². The Kier molecular flexibility index (Phi) is 4.03. The Bertz CT molecular complexity index is 888. The van der Waals surface area contributed by atoms with Gasteiger partial charge in [-0.1, -0.05) is 0 Å². The van der Waals surface area contributed by atoms with E-state index in [1.807, 2.05) is 12.1 Å². The van der Waals surface area contributed by atoms with E-state index in [-0.39, 0.29) is 17.2 Å². The molecule has 6 nitrogen and oxygen atoms in total. The van der Waals surface area contributed by atoms with Crippen LogP contribution in [0, 0.1) is 11.3 Å². The highest BCUT2D eigenvalue weighted by atomic mass is 32.2. The molecule has 0 bridgehead atoms. The third-order valence-corrected chi connectivity index (χ3v) is 5.78. The zero-order valence-electron chi connectivity index (χ0n) is 12.6. The number of nitriles is 1. The first kappa shape index (κ1) is 15.5. The number of sulfonamides is 1.